The van der Waals surface area contributed by atoms with Gasteiger partial charge >= 0.3 is 30.6 Å². The van der Waals surface area contributed by atoms with Crippen molar-refractivity contribution in [2.45, 2.75) is 90.5 Å². The molecular formula is C34H37F9N4O5. The number of fused-ring (bicyclic) bond motifs is 1. The number of carbonyl (C=O) groups is 2. The van der Waals surface area contributed by atoms with E-state index in [-0.39, 0.29) is 67.9 Å². The first-order valence-corrected chi connectivity index (χ1v) is 16.2. The van der Waals surface area contributed by atoms with Gasteiger partial charge in [0.1, 0.15) is 0 Å². The van der Waals surface area contributed by atoms with E-state index in [1.165, 1.54) is 16.7 Å². The van der Waals surface area contributed by atoms with Gasteiger partial charge in [-0.2, -0.15) is 39.5 Å². The van der Waals surface area contributed by atoms with E-state index in [1.807, 2.05) is 13.8 Å². The topological polar surface area (TPSA) is 105 Å². The van der Waals surface area contributed by atoms with E-state index in [0.717, 1.165) is 30.6 Å². The van der Waals surface area contributed by atoms with Crippen molar-refractivity contribution in [2.24, 2.45) is 0 Å². The van der Waals surface area contributed by atoms with E-state index in [4.69, 9.17) is 14.6 Å². The first kappa shape index (κ1) is 41.6. The minimum Gasteiger partial charge on any atom is -0.490 e. The number of ether oxygens (including phenoxy) is 2. The molecule has 1 aliphatic rings. The Bertz CT molecular complexity index is 1630. The van der Waals surface area contributed by atoms with Gasteiger partial charge in [-0.15, -0.1) is 0 Å². The molecule has 2 aromatic carbocycles. The van der Waals surface area contributed by atoms with Crippen molar-refractivity contribution in [1.29, 1.82) is 0 Å². The van der Waals surface area contributed by atoms with Gasteiger partial charge in [0.05, 0.1) is 54.0 Å². The highest BCUT2D eigenvalue weighted by Gasteiger charge is 2.42. The highest BCUT2D eigenvalue weighted by atomic mass is 19.4. The maximum Gasteiger partial charge on any atom is 0.416 e. The fourth-order valence-electron chi connectivity index (χ4n) is 5.56. The molecule has 1 amide bonds. The van der Waals surface area contributed by atoms with E-state index >= 15 is 0 Å². The SMILES string of the molecule is CC.CCOC(=O)N1c2ccc(C(F)(F)F)cc2C(N(Cc2cc(C(F)(F)F)cc(C(F)(F)F)c2)c2ncc(OCCCC(=O)O)cn2)CC1CC. The van der Waals surface area contributed by atoms with E-state index in [9.17, 15) is 49.1 Å². The monoisotopic (exact) mass is 752 g/mol. The third-order valence-electron chi connectivity index (χ3n) is 7.82. The minimum atomic E-state index is -5.18. The summed E-state index contributed by atoms with van der Waals surface area (Å²) in [5.41, 5.74) is -4.96. The summed E-state index contributed by atoms with van der Waals surface area (Å²) in [5.74, 6) is -1.31. The molecule has 2 atom stereocenters. The van der Waals surface area contributed by atoms with Crippen LogP contribution in [0.5, 0.6) is 5.75 Å². The number of aromatic nitrogens is 2. The van der Waals surface area contributed by atoms with Gasteiger partial charge in [-0.1, -0.05) is 20.8 Å². The number of carboxylic acids is 1. The van der Waals surface area contributed by atoms with Crippen LogP contribution in [0.3, 0.4) is 0 Å². The van der Waals surface area contributed by atoms with Crippen molar-refractivity contribution in [3.05, 3.63) is 76.6 Å². The number of hydrogen-bond donors (Lipinski definition) is 1. The van der Waals surface area contributed by atoms with Crippen molar-refractivity contribution in [3.8, 4) is 5.75 Å². The Morgan fingerprint density at radius 1 is 0.885 bits per heavy atom. The second-order valence-corrected chi connectivity index (χ2v) is 11.3. The van der Waals surface area contributed by atoms with Crippen LogP contribution in [-0.2, 0) is 34.6 Å². The summed E-state index contributed by atoms with van der Waals surface area (Å²) in [6.07, 6.45) is -13.8. The predicted molar refractivity (Wildman–Crippen MR) is 171 cm³/mol. The molecule has 0 aliphatic carbocycles. The van der Waals surface area contributed by atoms with Crippen LogP contribution in [-0.4, -0.2) is 46.4 Å². The summed E-state index contributed by atoms with van der Waals surface area (Å²) in [6.45, 7) is 6.36. The minimum absolute atomic E-state index is 0.0112. The summed E-state index contributed by atoms with van der Waals surface area (Å²) in [6, 6.07) is 1.57. The maximum atomic E-state index is 14.0. The van der Waals surface area contributed by atoms with Gasteiger partial charge in [0.25, 0.3) is 0 Å². The lowest BCUT2D eigenvalue weighted by molar-refractivity contribution is -0.143. The third kappa shape index (κ3) is 10.4. The van der Waals surface area contributed by atoms with Crippen LogP contribution in [0, 0.1) is 0 Å². The van der Waals surface area contributed by atoms with Crippen LogP contribution >= 0.6 is 0 Å². The second-order valence-electron chi connectivity index (χ2n) is 11.3. The van der Waals surface area contributed by atoms with Crippen molar-refractivity contribution in [2.75, 3.05) is 23.0 Å². The number of alkyl halides is 9. The van der Waals surface area contributed by atoms with Gasteiger partial charge in [-0.05, 0) is 73.7 Å². The molecule has 286 valence electrons. The van der Waals surface area contributed by atoms with Crippen LogP contribution in [0.4, 0.5) is 55.9 Å². The lowest BCUT2D eigenvalue weighted by atomic mass is 9.87. The number of rotatable bonds is 11. The van der Waals surface area contributed by atoms with Crippen LogP contribution in [0.25, 0.3) is 0 Å². The smallest absolute Gasteiger partial charge is 0.416 e. The van der Waals surface area contributed by atoms with Crippen molar-refractivity contribution in [3.63, 3.8) is 0 Å². The summed E-state index contributed by atoms with van der Waals surface area (Å²) in [4.78, 5) is 34.6. The molecule has 3 aromatic rings. The Balaban J connectivity index is 0.00000358. The first-order chi connectivity index (χ1) is 24.3. The largest absolute Gasteiger partial charge is 0.490 e. The molecule has 0 saturated heterocycles. The van der Waals surface area contributed by atoms with Crippen LogP contribution < -0.4 is 14.5 Å². The predicted octanol–water partition coefficient (Wildman–Crippen LogP) is 9.70. The molecule has 1 aromatic heterocycles. The molecule has 2 heterocycles. The zero-order valence-electron chi connectivity index (χ0n) is 28.5. The number of carbonyl (C=O) groups excluding carboxylic acids is 1. The number of amides is 1. The molecule has 4 rings (SSSR count). The molecule has 1 N–H and O–H groups in total. The standard InChI is InChI=1S/C32H31F9N4O5.C2H6/c1-3-22-14-26(24-13-19(30(33,34)35)7-8-25(24)45(22)29(48)49-4-2)44(28-42-15-23(16-43-28)50-9-5-6-27(46)47)17-18-10-20(31(36,37)38)12-21(11-18)32(39,40)41;1-2/h7-8,10-13,15-16,22,26H,3-6,9,14,17H2,1-2H3,(H,46,47);1-2H3. The number of halogens is 9. The van der Waals surface area contributed by atoms with E-state index in [0.29, 0.717) is 12.1 Å². The molecule has 0 spiro atoms. The molecular weight excluding hydrogens is 715 g/mol. The van der Waals surface area contributed by atoms with Gasteiger partial charge in [0.15, 0.2) is 5.75 Å². The molecule has 0 bridgehead atoms. The van der Waals surface area contributed by atoms with Crippen LogP contribution in [0.1, 0.15) is 87.2 Å². The molecule has 0 fully saturated rings. The van der Waals surface area contributed by atoms with E-state index in [2.05, 4.69) is 9.97 Å². The van der Waals surface area contributed by atoms with Crippen LogP contribution in [0.15, 0.2) is 48.8 Å². The molecule has 18 heteroatoms. The summed E-state index contributed by atoms with van der Waals surface area (Å²) >= 11 is 0. The van der Waals surface area contributed by atoms with Gasteiger partial charge in [-0.3, -0.25) is 9.69 Å². The van der Waals surface area contributed by atoms with Crippen molar-refractivity contribution >= 4 is 23.7 Å². The summed E-state index contributed by atoms with van der Waals surface area (Å²) < 4.78 is 135. The number of nitrogens with zero attached hydrogens (tertiary/aromatic N) is 4. The normalized spacial score (nSPS) is 16.0. The Hall–Kier alpha value is -4.77. The molecule has 52 heavy (non-hydrogen) atoms. The molecule has 9 nitrogen and oxygen atoms in total. The Morgan fingerprint density at radius 3 is 1.96 bits per heavy atom. The highest BCUT2D eigenvalue weighted by Crippen LogP contribution is 2.46. The molecule has 2 unspecified atom stereocenters. The molecule has 1 aliphatic heterocycles. The van der Waals surface area contributed by atoms with Crippen molar-refractivity contribution < 1.29 is 63.7 Å². The quantitative estimate of drug-likeness (QED) is 0.153. The second kappa shape index (κ2) is 17.2. The third-order valence-corrected chi connectivity index (χ3v) is 7.82. The molecule has 0 radical (unpaired) electrons. The zero-order chi connectivity index (χ0) is 39.0. The summed E-state index contributed by atoms with van der Waals surface area (Å²) in [7, 11) is 0. The van der Waals surface area contributed by atoms with Gasteiger partial charge in [0.2, 0.25) is 5.95 Å². The molecule has 0 saturated carbocycles. The average Bonchev–Trinajstić information content (AvgIpc) is 3.08. The lowest BCUT2D eigenvalue weighted by Crippen LogP contribution is -2.48. The number of hydrogen-bond acceptors (Lipinski definition) is 7. The zero-order valence-corrected chi connectivity index (χ0v) is 28.5. The lowest BCUT2D eigenvalue weighted by Gasteiger charge is -2.44. The number of carboxylic acid groups (broad SMARTS) is 1. The van der Waals surface area contributed by atoms with Gasteiger partial charge in [-0.25, -0.2) is 14.8 Å². The average molecular weight is 753 g/mol. The van der Waals surface area contributed by atoms with Crippen LogP contribution in [0.2, 0.25) is 0 Å². The van der Waals surface area contributed by atoms with Gasteiger partial charge in [0, 0.05) is 19.0 Å². The first-order valence-electron chi connectivity index (χ1n) is 16.2. The Labute approximate surface area is 293 Å². The summed E-state index contributed by atoms with van der Waals surface area (Å²) in [5, 5.41) is 8.82. The number of anilines is 2. The highest BCUT2D eigenvalue weighted by molar-refractivity contribution is 5.90. The maximum absolute atomic E-state index is 14.0. The van der Waals surface area contributed by atoms with Gasteiger partial charge < -0.3 is 19.5 Å². The number of benzene rings is 2. The number of aliphatic carboxylic acids is 1. The van der Waals surface area contributed by atoms with Crippen molar-refractivity contribution in [1.82, 2.24) is 9.97 Å². The fourth-order valence-corrected chi connectivity index (χ4v) is 5.56. The van der Waals surface area contributed by atoms with E-state index in [1.54, 1.807) is 6.92 Å². The Kier molecular flexibility index (Phi) is 13.7. The fraction of sp³-hybridized carbons (Fsp3) is 0.471. The van der Waals surface area contributed by atoms with E-state index < -0.39 is 71.5 Å². The Morgan fingerprint density at radius 2 is 1.46 bits per heavy atom.